The summed E-state index contributed by atoms with van der Waals surface area (Å²) in [5, 5.41) is 2.66. The Labute approximate surface area is 83.2 Å². The van der Waals surface area contributed by atoms with E-state index in [9.17, 15) is 9.18 Å². The Kier molecular flexibility index (Phi) is 3.52. The third-order valence-corrected chi connectivity index (χ3v) is 1.86. The van der Waals surface area contributed by atoms with Crippen LogP contribution in [0.2, 0.25) is 0 Å². The van der Waals surface area contributed by atoms with Gasteiger partial charge in [0.2, 0.25) is 0 Å². The van der Waals surface area contributed by atoms with Crippen molar-refractivity contribution in [2.75, 3.05) is 4.56 Å². The monoisotopic (exact) mass is 272 g/mol. The van der Waals surface area contributed by atoms with E-state index in [4.69, 9.17) is 0 Å². The van der Waals surface area contributed by atoms with Crippen LogP contribution in [0, 0.1) is 5.82 Å². The number of halogens is 1. The van der Waals surface area contributed by atoms with Crippen molar-refractivity contribution in [1.82, 2.24) is 5.32 Å². The van der Waals surface area contributed by atoms with Crippen LogP contribution in [0.15, 0.2) is 24.3 Å². The molecule has 1 amide bonds. The van der Waals surface area contributed by atoms with Crippen LogP contribution in [0.5, 0.6) is 0 Å². The molecule has 0 spiro atoms. The van der Waals surface area contributed by atoms with E-state index < -0.39 is 0 Å². The van der Waals surface area contributed by atoms with Gasteiger partial charge in [-0.15, -0.1) is 0 Å². The predicted molar refractivity (Wildman–Crippen MR) is 44.5 cm³/mol. The van der Waals surface area contributed by atoms with Crippen LogP contribution < -0.4 is 5.32 Å². The van der Waals surface area contributed by atoms with Crippen LogP contribution in [-0.4, -0.2) is 33.0 Å². The molecular weight excluding hydrogens is 264 g/mol. The van der Waals surface area contributed by atoms with Crippen molar-refractivity contribution in [3.05, 3.63) is 35.6 Å². The van der Waals surface area contributed by atoms with E-state index in [0.29, 0.717) is 10.1 Å². The Morgan fingerprint density at radius 3 is 2.50 bits per heavy atom. The molecule has 1 N–H and O–H groups in total. The fourth-order valence-corrected chi connectivity index (χ4v) is 1.24. The van der Waals surface area contributed by atoms with Gasteiger partial charge in [-0.25, -0.2) is 0 Å². The Bertz CT molecular complexity index is 273. The summed E-state index contributed by atoms with van der Waals surface area (Å²) >= 11 is 1.25. The number of amides is 1. The van der Waals surface area contributed by atoms with Crippen LogP contribution in [0.3, 0.4) is 0 Å². The molecule has 1 rings (SSSR count). The number of rotatable bonds is 2. The third-order valence-electron chi connectivity index (χ3n) is 1.36. The molecule has 0 heterocycles. The number of benzene rings is 1. The first-order valence-electron chi connectivity index (χ1n) is 3.42. The molecule has 0 saturated carbocycles. The van der Waals surface area contributed by atoms with E-state index in [1.807, 2.05) is 0 Å². The molecular formula is C8H7FNOSn. The molecule has 1 aromatic carbocycles. The van der Waals surface area contributed by atoms with Crippen LogP contribution in [0.1, 0.15) is 10.4 Å². The Morgan fingerprint density at radius 1 is 1.42 bits per heavy atom. The standard InChI is InChI=1S/C8H7FNO.Sn/c1-10-8(11)6-2-4-7(9)5-3-6;/h2-5H,1H2,(H,10,11);. The molecule has 0 aliphatic carbocycles. The number of hydrogen-bond acceptors (Lipinski definition) is 1. The average molecular weight is 271 g/mol. The summed E-state index contributed by atoms with van der Waals surface area (Å²) < 4.78 is 13.1. The number of carbonyl (C=O) groups is 1. The molecule has 12 heavy (non-hydrogen) atoms. The van der Waals surface area contributed by atoms with Crippen molar-refractivity contribution in [3.63, 3.8) is 0 Å². The zero-order valence-electron chi connectivity index (χ0n) is 6.30. The van der Waals surface area contributed by atoms with Gasteiger partial charge in [-0.1, -0.05) is 0 Å². The van der Waals surface area contributed by atoms with Crippen LogP contribution in [-0.2, 0) is 0 Å². The first-order valence-corrected chi connectivity index (χ1v) is 5.44. The Morgan fingerprint density at radius 2 is 2.00 bits per heavy atom. The van der Waals surface area contributed by atoms with Gasteiger partial charge in [-0.3, -0.25) is 0 Å². The Balaban J connectivity index is 2.75. The SMILES string of the molecule is O=C(N[CH2][Sn])c1ccc(F)cc1. The zero-order chi connectivity index (χ0) is 8.97. The summed E-state index contributed by atoms with van der Waals surface area (Å²) in [5.74, 6) is -0.471. The van der Waals surface area contributed by atoms with Gasteiger partial charge in [-0.2, -0.15) is 0 Å². The number of carbonyl (C=O) groups excluding carboxylic acids is 1. The second-order valence-corrected chi connectivity index (χ2v) is 3.20. The van der Waals surface area contributed by atoms with E-state index in [2.05, 4.69) is 5.32 Å². The van der Waals surface area contributed by atoms with E-state index >= 15 is 0 Å². The fraction of sp³-hybridized carbons (Fsp3) is 0.125. The minimum atomic E-state index is -0.325. The molecule has 4 heteroatoms. The van der Waals surface area contributed by atoms with E-state index in [1.54, 1.807) is 0 Å². The summed E-state index contributed by atoms with van der Waals surface area (Å²) in [6.07, 6.45) is 0. The normalized spacial score (nSPS) is 9.50. The maximum atomic E-state index is 12.4. The molecule has 0 aliphatic heterocycles. The van der Waals surface area contributed by atoms with Crippen molar-refractivity contribution in [3.8, 4) is 0 Å². The topological polar surface area (TPSA) is 29.1 Å². The second-order valence-electron chi connectivity index (χ2n) is 2.19. The van der Waals surface area contributed by atoms with E-state index in [1.165, 1.54) is 46.8 Å². The Hall–Kier alpha value is -0.581. The van der Waals surface area contributed by atoms with Gasteiger partial charge < -0.3 is 0 Å². The molecule has 3 radical (unpaired) electrons. The molecule has 61 valence electrons. The number of hydrogen-bond donors (Lipinski definition) is 1. The van der Waals surface area contributed by atoms with E-state index in [0.717, 1.165) is 0 Å². The van der Waals surface area contributed by atoms with Crippen LogP contribution in [0.25, 0.3) is 0 Å². The van der Waals surface area contributed by atoms with Crippen molar-refractivity contribution < 1.29 is 9.18 Å². The molecule has 0 unspecified atom stereocenters. The summed E-state index contributed by atoms with van der Waals surface area (Å²) in [6.45, 7) is 0. The molecule has 2 nitrogen and oxygen atoms in total. The van der Waals surface area contributed by atoms with Gasteiger partial charge in [0.15, 0.2) is 0 Å². The molecule has 1 aromatic rings. The van der Waals surface area contributed by atoms with Gasteiger partial charge in [0.1, 0.15) is 0 Å². The number of nitrogens with one attached hydrogen (secondary N) is 1. The van der Waals surface area contributed by atoms with Gasteiger partial charge >= 0.3 is 83.1 Å². The molecule has 0 aromatic heterocycles. The van der Waals surface area contributed by atoms with Gasteiger partial charge in [0, 0.05) is 0 Å². The van der Waals surface area contributed by atoms with Crippen LogP contribution in [0.4, 0.5) is 4.39 Å². The van der Waals surface area contributed by atoms with Gasteiger partial charge in [0.25, 0.3) is 0 Å². The predicted octanol–water partition coefficient (Wildman–Crippen LogP) is 0.681. The first-order chi connectivity index (χ1) is 5.74. The zero-order valence-corrected chi connectivity index (χ0v) is 9.16. The van der Waals surface area contributed by atoms with Crippen molar-refractivity contribution >= 4 is 28.4 Å². The van der Waals surface area contributed by atoms with Gasteiger partial charge in [-0.05, 0) is 0 Å². The summed E-state index contributed by atoms with van der Waals surface area (Å²) in [7, 11) is 0. The summed E-state index contributed by atoms with van der Waals surface area (Å²) in [6, 6.07) is 5.49. The average Bonchev–Trinajstić information content (AvgIpc) is 2.06. The maximum absolute atomic E-state index is 12.4. The molecule has 0 aliphatic rings. The fourth-order valence-electron chi connectivity index (χ4n) is 0.784. The quantitative estimate of drug-likeness (QED) is 0.787. The summed E-state index contributed by atoms with van der Waals surface area (Å²) in [4.78, 5) is 11.1. The van der Waals surface area contributed by atoms with Crippen molar-refractivity contribution in [2.45, 2.75) is 0 Å². The van der Waals surface area contributed by atoms with Gasteiger partial charge in [0.05, 0.1) is 0 Å². The molecule has 0 bridgehead atoms. The summed E-state index contributed by atoms with van der Waals surface area (Å²) in [5.41, 5.74) is 0.499. The third kappa shape index (κ3) is 2.48. The minimum absolute atomic E-state index is 0.146. The molecule has 0 atom stereocenters. The van der Waals surface area contributed by atoms with E-state index in [-0.39, 0.29) is 11.7 Å². The molecule has 0 saturated heterocycles. The van der Waals surface area contributed by atoms with Crippen molar-refractivity contribution in [2.24, 2.45) is 0 Å². The second kappa shape index (κ2) is 4.45. The molecule has 0 fully saturated rings. The van der Waals surface area contributed by atoms with Crippen molar-refractivity contribution in [1.29, 1.82) is 0 Å². The first kappa shape index (κ1) is 9.51. The van der Waals surface area contributed by atoms with Crippen LogP contribution >= 0.6 is 0 Å².